The lowest BCUT2D eigenvalue weighted by atomic mass is 10.1. The van der Waals surface area contributed by atoms with Crippen LogP contribution in [0.15, 0.2) is 23.2 Å². The average Bonchev–Trinajstić information content (AvgIpc) is 2.31. The van der Waals surface area contributed by atoms with Crippen molar-refractivity contribution in [2.75, 3.05) is 0 Å². The minimum Gasteiger partial charge on any atom is -0.312 e. The highest BCUT2D eigenvalue weighted by atomic mass is 35.5. The Bertz CT molecular complexity index is 537. The normalized spacial score (nSPS) is 19.5. The third-order valence-corrected chi connectivity index (χ3v) is 3.18. The Labute approximate surface area is 113 Å². The maximum absolute atomic E-state index is 11.4. The summed E-state index contributed by atoms with van der Waals surface area (Å²) in [7, 11) is 0. The Hall–Kier alpha value is -1.43. The van der Waals surface area contributed by atoms with Gasteiger partial charge in [-0.3, -0.25) is 9.59 Å². The molecule has 0 fully saturated rings. The monoisotopic (exact) mass is 285 g/mol. The van der Waals surface area contributed by atoms with Crippen LogP contribution < -0.4 is 11.1 Å². The van der Waals surface area contributed by atoms with Crippen LogP contribution in [0, 0.1) is 0 Å². The molecule has 1 aliphatic heterocycles. The Kier molecular flexibility index (Phi) is 3.65. The highest BCUT2D eigenvalue weighted by molar-refractivity contribution is 6.36. The molecule has 0 aromatic heterocycles. The zero-order valence-corrected chi connectivity index (χ0v) is 10.6. The van der Waals surface area contributed by atoms with Crippen LogP contribution in [0.4, 0.5) is 0 Å². The number of amides is 2. The van der Waals surface area contributed by atoms with Crippen LogP contribution in [0.25, 0.3) is 0 Å². The van der Waals surface area contributed by atoms with Crippen LogP contribution in [0.2, 0.25) is 10.0 Å². The summed E-state index contributed by atoms with van der Waals surface area (Å²) in [6, 6.07) is 3.80. The van der Waals surface area contributed by atoms with Gasteiger partial charge in [0.15, 0.2) is 6.04 Å². The molecule has 0 spiro atoms. The number of benzene rings is 1. The number of amidine groups is 1. The highest BCUT2D eigenvalue weighted by Gasteiger charge is 2.28. The molecule has 3 N–H and O–H groups in total. The van der Waals surface area contributed by atoms with Gasteiger partial charge < -0.3 is 11.1 Å². The Morgan fingerprint density at radius 1 is 1.28 bits per heavy atom. The van der Waals surface area contributed by atoms with E-state index < -0.39 is 17.9 Å². The van der Waals surface area contributed by atoms with Gasteiger partial charge >= 0.3 is 0 Å². The summed E-state index contributed by atoms with van der Waals surface area (Å²) in [5.41, 5.74) is 5.92. The average molecular weight is 286 g/mol. The van der Waals surface area contributed by atoms with Gasteiger partial charge in [0.05, 0.1) is 0 Å². The smallest absolute Gasteiger partial charge is 0.273 e. The summed E-state index contributed by atoms with van der Waals surface area (Å²) >= 11 is 12.0. The predicted molar refractivity (Wildman–Crippen MR) is 68.7 cm³/mol. The van der Waals surface area contributed by atoms with E-state index in [1.54, 1.807) is 18.2 Å². The lowest BCUT2D eigenvalue weighted by Crippen LogP contribution is -2.52. The maximum Gasteiger partial charge on any atom is 0.273 e. The second-order valence-corrected chi connectivity index (χ2v) is 4.56. The van der Waals surface area contributed by atoms with Gasteiger partial charge in [-0.25, -0.2) is 0 Å². The van der Waals surface area contributed by atoms with Crippen molar-refractivity contribution in [3.8, 4) is 0 Å². The second-order valence-electron chi connectivity index (χ2n) is 3.74. The van der Waals surface area contributed by atoms with E-state index in [0.717, 1.165) is 0 Å². The first-order valence-corrected chi connectivity index (χ1v) is 5.85. The quantitative estimate of drug-likeness (QED) is 0.793. The summed E-state index contributed by atoms with van der Waals surface area (Å²) in [6.45, 7) is 0. The minimum atomic E-state index is -1.24. The molecular weight excluding hydrogens is 277 g/mol. The van der Waals surface area contributed by atoms with E-state index >= 15 is 0 Å². The summed E-state index contributed by atoms with van der Waals surface area (Å²) in [5.74, 6) is -1.05. The van der Waals surface area contributed by atoms with Crippen molar-refractivity contribution in [1.82, 2.24) is 5.32 Å². The molecule has 2 amide bonds. The van der Waals surface area contributed by atoms with Crippen LogP contribution in [0.3, 0.4) is 0 Å². The fourth-order valence-electron chi connectivity index (χ4n) is 1.52. The first-order chi connectivity index (χ1) is 8.49. The molecule has 1 heterocycles. The molecule has 1 aliphatic rings. The fraction of sp³-hybridized carbons (Fsp3) is 0.182. The van der Waals surface area contributed by atoms with Gasteiger partial charge in [0, 0.05) is 16.5 Å². The number of hydrogen-bond donors (Lipinski definition) is 2. The highest BCUT2D eigenvalue weighted by Crippen LogP contribution is 2.25. The lowest BCUT2D eigenvalue weighted by molar-refractivity contribution is -0.129. The molecule has 1 aromatic rings. The summed E-state index contributed by atoms with van der Waals surface area (Å²) in [4.78, 5) is 26.4. The van der Waals surface area contributed by atoms with Gasteiger partial charge in [0.1, 0.15) is 5.84 Å². The molecule has 0 radical (unpaired) electrons. The van der Waals surface area contributed by atoms with Gasteiger partial charge in [0.2, 0.25) is 0 Å². The standard InChI is InChI=1S/C11H9Cl2N3O2/c12-6-2-1-3-7(13)5(6)4-8-15-10(17)9(14)11(18)16-8/h1-3,9H,4,14H2,(H,15,16,17,18). The fourth-order valence-corrected chi connectivity index (χ4v) is 2.05. The first-order valence-electron chi connectivity index (χ1n) is 5.10. The lowest BCUT2D eigenvalue weighted by Gasteiger charge is -2.17. The van der Waals surface area contributed by atoms with Crippen molar-refractivity contribution in [1.29, 1.82) is 0 Å². The Morgan fingerprint density at radius 3 is 2.44 bits per heavy atom. The summed E-state index contributed by atoms with van der Waals surface area (Å²) < 4.78 is 0. The summed E-state index contributed by atoms with van der Waals surface area (Å²) in [6.07, 6.45) is 0.169. The first kappa shape index (κ1) is 13.0. The Morgan fingerprint density at radius 2 is 1.89 bits per heavy atom. The number of nitrogens with two attached hydrogens (primary N) is 1. The van der Waals surface area contributed by atoms with E-state index in [2.05, 4.69) is 10.3 Å². The molecule has 1 unspecified atom stereocenters. The number of nitrogens with one attached hydrogen (secondary N) is 1. The molecule has 0 saturated heterocycles. The molecule has 94 valence electrons. The van der Waals surface area contributed by atoms with E-state index in [9.17, 15) is 9.59 Å². The van der Waals surface area contributed by atoms with Gasteiger partial charge in [-0.2, -0.15) is 4.99 Å². The molecule has 0 saturated carbocycles. The molecule has 0 bridgehead atoms. The largest absolute Gasteiger partial charge is 0.312 e. The van der Waals surface area contributed by atoms with Gasteiger partial charge in [-0.1, -0.05) is 29.3 Å². The van der Waals surface area contributed by atoms with E-state index in [-0.39, 0.29) is 12.3 Å². The van der Waals surface area contributed by atoms with Crippen molar-refractivity contribution in [2.24, 2.45) is 10.7 Å². The van der Waals surface area contributed by atoms with E-state index in [0.29, 0.717) is 15.6 Å². The molecule has 7 heteroatoms. The van der Waals surface area contributed by atoms with Crippen molar-refractivity contribution in [3.05, 3.63) is 33.8 Å². The Balaban J connectivity index is 2.28. The third-order valence-electron chi connectivity index (χ3n) is 2.47. The number of aliphatic imine (C=N–C) groups is 1. The molecular formula is C11H9Cl2N3O2. The van der Waals surface area contributed by atoms with Crippen molar-refractivity contribution in [2.45, 2.75) is 12.5 Å². The number of carbonyl (C=O) groups is 2. The van der Waals surface area contributed by atoms with Crippen molar-refractivity contribution in [3.63, 3.8) is 0 Å². The number of hydrogen-bond acceptors (Lipinski definition) is 3. The van der Waals surface area contributed by atoms with E-state index in [4.69, 9.17) is 28.9 Å². The molecule has 1 atom stereocenters. The van der Waals surface area contributed by atoms with E-state index in [1.165, 1.54) is 0 Å². The maximum atomic E-state index is 11.4. The number of carbonyl (C=O) groups excluding carboxylic acids is 2. The predicted octanol–water partition coefficient (Wildman–Crippen LogP) is 0.918. The molecule has 1 aromatic carbocycles. The summed E-state index contributed by atoms with van der Waals surface area (Å²) in [5, 5.41) is 3.34. The van der Waals surface area contributed by atoms with Crippen molar-refractivity contribution >= 4 is 40.9 Å². The van der Waals surface area contributed by atoms with Crippen LogP contribution in [0.5, 0.6) is 0 Å². The van der Waals surface area contributed by atoms with E-state index in [1.807, 2.05) is 0 Å². The van der Waals surface area contributed by atoms with Crippen molar-refractivity contribution < 1.29 is 9.59 Å². The van der Waals surface area contributed by atoms with Crippen LogP contribution in [-0.2, 0) is 16.0 Å². The second kappa shape index (κ2) is 5.06. The number of rotatable bonds is 2. The van der Waals surface area contributed by atoms with Crippen LogP contribution in [-0.4, -0.2) is 23.7 Å². The van der Waals surface area contributed by atoms with Gasteiger partial charge in [0.25, 0.3) is 11.8 Å². The molecule has 18 heavy (non-hydrogen) atoms. The SMILES string of the molecule is NC1C(=O)N=C(Cc2c(Cl)cccc2Cl)NC1=O. The van der Waals surface area contributed by atoms with Crippen LogP contribution >= 0.6 is 23.2 Å². The molecule has 2 rings (SSSR count). The molecule has 0 aliphatic carbocycles. The van der Waals surface area contributed by atoms with Gasteiger partial charge in [-0.05, 0) is 17.7 Å². The third kappa shape index (κ3) is 2.53. The van der Waals surface area contributed by atoms with Gasteiger partial charge in [-0.15, -0.1) is 0 Å². The number of halogens is 2. The minimum absolute atomic E-state index is 0.169. The topological polar surface area (TPSA) is 84.6 Å². The zero-order chi connectivity index (χ0) is 13.3. The zero-order valence-electron chi connectivity index (χ0n) is 9.11. The molecule has 5 nitrogen and oxygen atoms in total. The van der Waals surface area contributed by atoms with Crippen LogP contribution in [0.1, 0.15) is 5.56 Å². The number of nitrogens with zero attached hydrogens (tertiary/aromatic N) is 1.